The molecule has 2 aromatic carbocycles. The molecular formula is C37H54N6O7. The molecule has 1 fully saturated rings. The molecule has 274 valence electrons. The monoisotopic (exact) mass is 694 g/mol. The number of benzene rings is 2. The first-order valence-electron chi connectivity index (χ1n) is 17.2. The van der Waals surface area contributed by atoms with Crippen LogP contribution in [-0.4, -0.2) is 107 Å². The maximum atomic E-state index is 14.1. The molecule has 2 atom stereocenters. The molecule has 0 radical (unpaired) electrons. The predicted molar refractivity (Wildman–Crippen MR) is 195 cm³/mol. The molecule has 50 heavy (non-hydrogen) atoms. The number of carbonyl (C=O) groups excluding carboxylic acids is 1. The summed E-state index contributed by atoms with van der Waals surface area (Å²) in [5, 5.41) is 3.25. The van der Waals surface area contributed by atoms with E-state index in [2.05, 4.69) is 41.0 Å². The van der Waals surface area contributed by atoms with E-state index >= 15 is 0 Å². The van der Waals surface area contributed by atoms with E-state index in [0.717, 1.165) is 45.6 Å². The molecule has 3 aromatic rings. The molecule has 1 aliphatic heterocycles. The van der Waals surface area contributed by atoms with Gasteiger partial charge in [-0.2, -0.15) is 4.98 Å². The molecule has 0 saturated carbocycles. The minimum Gasteiger partial charge on any atom is -0.497 e. The van der Waals surface area contributed by atoms with Crippen molar-refractivity contribution in [1.29, 1.82) is 0 Å². The van der Waals surface area contributed by atoms with Gasteiger partial charge in [0.25, 0.3) is 0 Å². The van der Waals surface area contributed by atoms with Crippen molar-refractivity contribution in [2.75, 3.05) is 85.0 Å². The van der Waals surface area contributed by atoms with Crippen molar-refractivity contribution in [2.45, 2.75) is 46.6 Å². The molecule has 0 bridgehead atoms. The van der Waals surface area contributed by atoms with Gasteiger partial charge in [0.2, 0.25) is 11.7 Å². The maximum absolute atomic E-state index is 14.1. The third-order valence-corrected chi connectivity index (χ3v) is 8.95. The lowest BCUT2D eigenvalue weighted by Crippen LogP contribution is -2.44. The summed E-state index contributed by atoms with van der Waals surface area (Å²) >= 11 is 0. The first kappa shape index (κ1) is 38.3. The number of likely N-dealkylation sites (N-methyl/N-ethyl adjacent to an activating group) is 1. The molecule has 1 N–H and O–H groups in total. The highest BCUT2D eigenvalue weighted by molar-refractivity contribution is 5.97. The van der Waals surface area contributed by atoms with Crippen LogP contribution in [0.15, 0.2) is 42.6 Å². The Balaban J connectivity index is 1.62. The van der Waals surface area contributed by atoms with Crippen molar-refractivity contribution in [2.24, 2.45) is 11.8 Å². The first-order valence-corrected chi connectivity index (χ1v) is 17.2. The van der Waals surface area contributed by atoms with Crippen LogP contribution in [0.2, 0.25) is 0 Å². The lowest BCUT2D eigenvalue weighted by atomic mass is 9.93. The van der Waals surface area contributed by atoms with Gasteiger partial charge in [-0.15, -0.1) is 0 Å². The molecule has 13 nitrogen and oxygen atoms in total. The summed E-state index contributed by atoms with van der Waals surface area (Å²) in [6.45, 7) is 14.0. The number of methoxy groups -OCH3 is 4. The standard InChI is InChI=1S/C37H54N6O7/c1-10-26(4)34(25(2)3)50-37(44)43(29-13-12-28(45-6)24-30(29)46-7)33-14-15-38-36(40-33)39-27-22-31(47-8)35(48-9)32(23-27)49-21-11-16-42-19-17-41(5)18-20-42/h12-15,22-26,34H,10-11,16-21H2,1-9H3,(H,38,39,40). The van der Waals surface area contributed by atoms with Crippen molar-refractivity contribution < 1.29 is 33.2 Å². The predicted octanol–water partition coefficient (Wildman–Crippen LogP) is 6.62. The average molecular weight is 695 g/mol. The van der Waals surface area contributed by atoms with E-state index in [-0.39, 0.29) is 29.7 Å². The van der Waals surface area contributed by atoms with Crippen LogP contribution in [0, 0.1) is 11.8 Å². The van der Waals surface area contributed by atoms with Gasteiger partial charge in [-0.3, -0.25) is 0 Å². The van der Waals surface area contributed by atoms with Gasteiger partial charge in [0, 0.05) is 68.9 Å². The zero-order valence-electron chi connectivity index (χ0n) is 31.0. The van der Waals surface area contributed by atoms with Crippen molar-refractivity contribution >= 4 is 29.2 Å². The number of rotatable bonds is 17. The van der Waals surface area contributed by atoms with Gasteiger partial charge in [-0.25, -0.2) is 14.7 Å². The summed E-state index contributed by atoms with van der Waals surface area (Å²) < 4.78 is 34.8. The highest BCUT2D eigenvalue weighted by atomic mass is 16.6. The fourth-order valence-electron chi connectivity index (χ4n) is 5.91. The van der Waals surface area contributed by atoms with Crippen LogP contribution in [-0.2, 0) is 4.74 Å². The van der Waals surface area contributed by atoms with Crippen LogP contribution in [0.1, 0.15) is 40.5 Å². The van der Waals surface area contributed by atoms with E-state index < -0.39 is 6.09 Å². The maximum Gasteiger partial charge on any atom is 0.420 e. The van der Waals surface area contributed by atoms with Crippen LogP contribution < -0.4 is 33.9 Å². The fourth-order valence-corrected chi connectivity index (χ4v) is 5.91. The van der Waals surface area contributed by atoms with Crippen LogP contribution in [0.4, 0.5) is 27.9 Å². The highest BCUT2D eigenvalue weighted by Crippen LogP contribution is 2.41. The topological polar surface area (TPSA) is 120 Å². The Kier molecular flexibility index (Phi) is 14.2. The normalized spacial score (nSPS) is 14.8. The molecule has 2 heterocycles. The number of anilines is 4. The molecule has 4 rings (SSSR count). The Bertz CT molecular complexity index is 1530. The number of nitrogens with one attached hydrogen (secondary N) is 1. The molecule has 2 unspecified atom stereocenters. The minimum atomic E-state index is -0.588. The van der Waals surface area contributed by atoms with Gasteiger partial charge in [-0.1, -0.05) is 34.1 Å². The molecule has 13 heteroatoms. The van der Waals surface area contributed by atoms with Gasteiger partial charge in [0.1, 0.15) is 23.4 Å². The average Bonchev–Trinajstić information content (AvgIpc) is 3.12. The minimum absolute atomic E-state index is 0.101. The van der Waals surface area contributed by atoms with Crippen LogP contribution in [0.3, 0.4) is 0 Å². The van der Waals surface area contributed by atoms with Crippen molar-refractivity contribution in [1.82, 2.24) is 19.8 Å². The molecule has 1 aromatic heterocycles. The summed E-state index contributed by atoms with van der Waals surface area (Å²) in [5.74, 6) is 3.27. The zero-order chi connectivity index (χ0) is 36.2. The second kappa shape index (κ2) is 18.5. The molecule has 1 aliphatic rings. The summed E-state index contributed by atoms with van der Waals surface area (Å²) in [5.41, 5.74) is 1.05. The number of piperazine rings is 1. The van der Waals surface area contributed by atoms with E-state index in [4.69, 9.17) is 33.4 Å². The molecule has 0 aliphatic carbocycles. The van der Waals surface area contributed by atoms with Crippen molar-refractivity contribution in [3.63, 3.8) is 0 Å². The zero-order valence-corrected chi connectivity index (χ0v) is 31.0. The molecule has 1 saturated heterocycles. The summed E-state index contributed by atoms with van der Waals surface area (Å²) in [6.07, 6.45) is 2.40. The Morgan fingerprint density at radius 1 is 0.920 bits per heavy atom. The van der Waals surface area contributed by atoms with Gasteiger partial charge >= 0.3 is 6.09 Å². The number of hydrogen-bond donors (Lipinski definition) is 1. The highest BCUT2D eigenvalue weighted by Gasteiger charge is 2.31. The Hall–Kier alpha value is -4.49. The number of aromatic nitrogens is 2. The molecule has 0 spiro atoms. The summed E-state index contributed by atoms with van der Waals surface area (Å²) in [7, 11) is 8.42. The van der Waals surface area contributed by atoms with E-state index in [1.165, 1.54) is 12.0 Å². The van der Waals surface area contributed by atoms with Crippen LogP contribution in [0.5, 0.6) is 28.7 Å². The number of hydrogen-bond acceptors (Lipinski definition) is 12. The first-order chi connectivity index (χ1) is 24.1. The third-order valence-electron chi connectivity index (χ3n) is 8.95. The second-order valence-corrected chi connectivity index (χ2v) is 12.8. The largest absolute Gasteiger partial charge is 0.497 e. The summed E-state index contributed by atoms with van der Waals surface area (Å²) in [4.78, 5) is 29.5. The Morgan fingerprint density at radius 2 is 1.64 bits per heavy atom. The van der Waals surface area contributed by atoms with E-state index in [0.29, 0.717) is 46.7 Å². The lowest BCUT2D eigenvalue weighted by Gasteiger charge is -2.32. The second-order valence-electron chi connectivity index (χ2n) is 12.8. The van der Waals surface area contributed by atoms with Crippen LogP contribution in [0.25, 0.3) is 0 Å². The third kappa shape index (κ3) is 9.81. The Morgan fingerprint density at radius 3 is 2.28 bits per heavy atom. The number of carbonyl (C=O) groups is 1. The quantitative estimate of drug-likeness (QED) is 0.153. The van der Waals surface area contributed by atoms with E-state index in [1.54, 1.807) is 57.9 Å². The van der Waals surface area contributed by atoms with Gasteiger partial charge in [0.05, 0.1) is 40.7 Å². The van der Waals surface area contributed by atoms with Gasteiger partial charge in [0.15, 0.2) is 11.5 Å². The smallest absolute Gasteiger partial charge is 0.420 e. The summed E-state index contributed by atoms with van der Waals surface area (Å²) in [6, 6.07) is 10.5. The Labute approximate surface area is 296 Å². The van der Waals surface area contributed by atoms with Crippen molar-refractivity contribution in [3.05, 3.63) is 42.6 Å². The molecule has 1 amide bonds. The molecular weight excluding hydrogens is 640 g/mol. The van der Waals surface area contributed by atoms with Crippen molar-refractivity contribution in [3.8, 4) is 28.7 Å². The lowest BCUT2D eigenvalue weighted by molar-refractivity contribution is 0.0419. The SMILES string of the molecule is CCC(C)C(OC(=O)N(c1ccnc(Nc2cc(OC)c(OC)c(OCCCN3CCN(C)CC3)c2)n1)c1ccc(OC)cc1OC)C(C)C. The number of nitrogens with zero attached hydrogens (tertiary/aromatic N) is 5. The number of ether oxygens (including phenoxy) is 6. The van der Waals surface area contributed by atoms with Gasteiger partial charge in [-0.05, 0) is 37.4 Å². The van der Waals surface area contributed by atoms with Crippen LogP contribution >= 0.6 is 0 Å². The fraction of sp³-hybridized carbons (Fsp3) is 0.541. The van der Waals surface area contributed by atoms with E-state index in [9.17, 15) is 4.79 Å². The van der Waals surface area contributed by atoms with Gasteiger partial charge < -0.3 is 43.5 Å². The number of amides is 1. The van der Waals surface area contributed by atoms with E-state index in [1.807, 2.05) is 19.9 Å².